The molecule has 0 aromatic heterocycles. The Balaban J connectivity index is 2.04. The minimum atomic E-state index is -0.212. The second-order valence-electron chi connectivity index (χ2n) is 7.09. The van der Waals surface area contributed by atoms with E-state index in [0.29, 0.717) is 17.1 Å². The highest BCUT2D eigenvalue weighted by molar-refractivity contribution is 5.94. The summed E-state index contributed by atoms with van der Waals surface area (Å²) >= 11 is 0. The Kier molecular flexibility index (Phi) is 7.61. The van der Waals surface area contributed by atoms with Gasteiger partial charge in [0, 0.05) is 5.56 Å². The van der Waals surface area contributed by atoms with Gasteiger partial charge in [-0.25, -0.2) is 0 Å². The number of rotatable bonds is 9. The van der Waals surface area contributed by atoms with E-state index in [2.05, 4.69) is 50.4 Å². The fourth-order valence-electron chi connectivity index (χ4n) is 2.96. The molecule has 0 saturated carbocycles. The molecule has 1 amide bonds. The Morgan fingerprint density at radius 2 is 1.71 bits per heavy atom. The third-order valence-electron chi connectivity index (χ3n) is 4.66. The maximum atomic E-state index is 12.5. The molecule has 0 saturated heterocycles. The third kappa shape index (κ3) is 5.59. The zero-order valence-corrected chi connectivity index (χ0v) is 17.2. The van der Waals surface area contributed by atoms with Crippen molar-refractivity contribution in [3.63, 3.8) is 0 Å². The Hall–Kier alpha value is -2.82. The van der Waals surface area contributed by atoms with Gasteiger partial charge in [-0.05, 0) is 48.6 Å². The SMILES string of the molecule is CCc1ccc([C@@H](NC(=O)COc2ccc(C(C)=O)cc2OC)C(C)C)cc1. The molecule has 28 heavy (non-hydrogen) atoms. The first-order valence-electron chi connectivity index (χ1n) is 9.55. The number of ketones is 1. The molecule has 0 unspecified atom stereocenters. The van der Waals surface area contributed by atoms with E-state index >= 15 is 0 Å². The molecule has 1 N–H and O–H groups in total. The molecule has 5 nitrogen and oxygen atoms in total. The van der Waals surface area contributed by atoms with E-state index in [-0.39, 0.29) is 30.3 Å². The van der Waals surface area contributed by atoms with E-state index in [1.54, 1.807) is 18.2 Å². The number of aryl methyl sites for hydroxylation is 1. The van der Waals surface area contributed by atoms with E-state index in [1.807, 2.05) is 0 Å². The first-order valence-corrected chi connectivity index (χ1v) is 9.55. The largest absolute Gasteiger partial charge is 0.493 e. The van der Waals surface area contributed by atoms with Gasteiger partial charge >= 0.3 is 0 Å². The van der Waals surface area contributed by atoms with Crippen LogP contribution in [0.1, 0.15) is 55.2 Å². The van der Waals surface area contributed by atoms with Crippen molar-refractivity contribution in [2.45, 2.75) is 40.2 Å². The number of Topliss-reactive ketones (excluding diaryl/α,β-unsaturated/α-hetero) is 1. The summed E-state index contributed by atoms with van der Waals surface area (Å²) in [5.41, 5.74) is 2.87. The fourth-order valence-corrected chi connectivity index (χ4v) is 2.96. The number of amides is 1. The van der Waals surface area contributed by atoms with E-state index in [0.717, 1.165) is 12.0 Å². The number of methoxy groups -OCH3 is 1. The van der Waals surface area contributed by atoms with Crippen molar-refractivity contribution in [2.75, 3.05) is 13.7 Å². The van der Waals surface area contributed by atoms with Gasteiger partial charge in [-0.2, -0.15) is 0 Å². The minimum absolute atomic E-state index is 0.0588. The predicted octanol–water partition coefficient (Wildman–Crippen LogP) is 4.35. The van der Waals surface area contributed by atoms with E-state index < -0.39 is 0 Å². The average Bonchev–Trinajstić information content (AvgIpc) is 2.70. The van der Waals surface area contributed by atoms with Gasteiger partial charge < -0.3 is 14.8 Å². The molecule has 0 bridgehead atoms. The lowest BCUT2D eigenvalue weighted by Gasteiger charge is -2.23. The zero-order valence-electron chi connectivity index (χ0n) is 17.2. The molecular weight excluding hydrogens is 354 g/mol. The van der Waals surface area contributed by atoms with Crippen molar-refractivity contribution in [2.24, 2.45) is 5.92 Å². The summed E-state index contributed by atoms with van der Waals surface area (Å²) in [6.45, 7) is 7.62. The topological polar surface area (TPSA) is 64.6 Å². The van der Waals surface area contributed by atoms with Crippen molar-refractivity contribution < 1.29 is 19.1 Å². The molecule has 0 aliphatic carbocycles. The molecule has 5 heteroatoms. The second kappa shape index (κ2) is 9.93. The van der Waals surface area contributed by atoms with Crippen LogP contribution in [0.2, 0.25) is 0 Å². The number of hydrogen-bond acceptors (Lipinski definition) is 4. The number of carbonyl (C=O) groups excluding carboxylic acids is 2. The van der Waals surface area contributed by atoms with Crippen LogP contribution in [0.3, 0.4) is 0 Å². The molecule has 0 radical (unpaired) electrons. The second-order valence-corrected chi connectivity index (χ2v) is 7.09. The lowest BCUT2D eigenvalue weighted by molar-refractivity contribution is -0.124. The first-order chi connectivity index (χ1) is 13.3. The Morgan fingerprint density at radius 3 is 2.25 bits per heavy atom. The Bertz CT molecular complexity index is 812. The summed E-state index contributed by atoms with van der Waals surface area (Å²) in [6.07, 6.45) is 0.983. The number of ether oxygens (including phenoxy) is 2. The van der Waals surface area contributed by atoms with Crippen molar-refractivity contribution >= 4 is 11.7 Å². The zero-order chi connectivity index (χ0) is 20.7. The van der Waals surface area contributed by atoms with E-state index in [4.69, 9.17) is 9.47 Å². The highest BCUT2D eigenvalue weighted by Crippen LogP contribution is 2.28. The van der Waals surface area contributed by atoms with Crippen molar-refractivity contribution in [3.8, 4) is 11.5 Å². The van der Waals surface area contributed by atoms with Crippen LogP contribution in [0.25, 0.3) is 0 Å². The summed E-state index contributed by atoms with van der Waals surface area (Å²) in [6, 6.07) is 13.1. The summed E-state index contributed by atoms with van der Waals surface area (Å²) < 4.78 is 10.9. The summed E-state index contributed by atoms with van der Waals surface area (Å²) in [5, 5.41) is 3.05. The monoisotopic (exact) mass is 383 g/mol. The van der Waals surface area contributed by atoms with Gasteiger partial charge in [-0.15, -0.1) is 0 Å². The van der Waals surface area contributed by atoms with Gasteiger partial charge in [-0.3, -0.25) is 9.59 Å². The Labute approximate surface area is 167 Å². The maximum absolute atomic E-state index is 12.5. The normalized spacial score (nSPS) is 11.8. The molecule has 2 rings (SSSR count). The van der Waals surface area contributed by atoms with E-state index in [9.17, 15) is 9.59 Å². The van der Waals surface area contributed by atoms with Crippen molar-refractivity contribution in [3.05, 3.63) is 59.2 Å². The lowest BCUT2D eigenvalue weighted by Crippen LogP contribution is -2.35. The van der Waals surface area contributed by atoms with Crippen LogP contribution in [0.4, 0.5) is 0 Å². The number of nitrogens with one attached hydrogen (secondary N) is 1. The van der Waals surface area contributed by atoms with Gasteiger partial charge in [0.25, 0.3) is 5.91 Å². The number of benzene rings is 2. The Morgan fingerprint density at radius 1 is 1.04 bits per heavy atom. The van der Waals surface area contributed by atoms with Crippen LogP contribution < -0.4 is 14.8 Å². The molecule has 1 atom stereocenters. The minimum Gasteiger partial charge on any atom is -0.493 e. The standard InChI is InChI=1S/C23H29NO4/c1-6-17-7-9-18(10-8-17)23(15(2)3)24-22(26)14-28-20-12-11-19(16(4)25)13-21(20)27-5/h7-13,15,23H,6,14H2,1-5H3,(H,24,26)/t23-/m0/s1. The smallest absolute Gasteiger partial charge is 0.258 e. The molecule has 0 spiro atoms. The maximum Gasteiger partial charge on any atom is 0.258 e. The quantitative estimate of drug-likeness (QED) is 0.654. The number of carbonyl (C=O) groups is 2. The fraction of sp³-hybridized carbons (Fsp3) is 0.391. The van der Waals surface area contributed by atoms with Gasteiger partial charge in [0.1, 0.15) is 0 Å². The van der Waals surface area contributed by atoms with E-state index in [1.165, 1.54) is 19.6 Å². The molecule has 0 aliphatic rings. The van der Waals surface area contributed by atoms with Gasteiger partial charge in [0.2, 0.25) is 0 Å². The number of hydrogen-bond donors (Lipinski definition) is 1. The average molecular weight is 383 g/mol. The van der Waals surface area contributed by atoms with Crippen molar-refractivity contribution in [1.82, 2.24) is 5.32 Å². The first kappa shape index (κ1) is 21.5. The van der Waals surface area contributed by atoms with Crippen LogP contribution in [-0.2, 0) is 11.2 Å². The summed E-state index contributed by atoms with van der Waals surface area (Å²) in [5.74, 6) is 0.820. The van der Waals surface area contributed by atoms with Crippen molar-refractivity contribution in [1.29, 1.82) is 0 Å². The van der Waals surface area contributed by atoms with Crippen LogP contribution in [0.5, 0.6) is 11.5 Å². The molecule has 0 aliphatic heterocycles. The van der Waals surface area contributed by atoms with Crippen LogP contribution in [0.15, 0.2) is 42.5 Å². The molecule has 2 aromatic carbocycles. The van der Waals surface area contributed by atoms with Gasteiger partial charge in [0.05, 0.1) is 13.2 Å². The molecule has 0 fully saturated rings. The van der Waals surface area contributed by atoms with Crippen LogP contribution in [0, 0.1) is 5.92 Å². The summed E-state index contributed by atoms with van der Waals surface area (Å²) in [4.78, 5) is 24.0. The lowest BCUT2D eigenvalue weighted by atomic mass is 9.95. The van der Waals surface area contributed by atoms with Crippen LogP contribution in [-0.4, -0.2) is 25.4 Å². The molecule has 2 aromatic rings. The molecular formula is C23H29NO4. The molecule has 150 valence electrons. The third-order valence-corrected chi connectivity index (χ3v) is 4.66. The summed E-state index contributed by atoms with van der Waals surface area (Å²) in [7, 11) is 1.50. The molecule has 0 heterocycles. The van der Waals surface area contributed by atoms with Crippen LogP contribution >= 0.6 is 0 Å². The van der Waals surface area contributed by atoms with Gasteiger partial charge in [0.15, 0.2) is 23.9 Å². The highest BCUT2D eigenvalue weighted by Gasteiger charge is 2.19. The van der Waals surface area contributed by atoms with Gasteiger partial charge in [-0.1, -0.05) is 45.0 Å². The predicted molar refractivity (Wildman–Crippen MR) is 110 cm³/mol. The highest BCUT2D eigenvalue weighted by atomic mass is 16.5.